The fourth-order valence-electron chi connectivity index (χ4n) is 3.86. The number of nitrogens with one attached hydrogen (secondary N) is 1. The Hall–Kier alpha value is -1.67. The molecule has 2 fully saturated rings. The summed E-state index contributed by atoms with van der Waals surface area (Å²) in [5.74, 6) is 0.636. The SMILES string of the molecule is COc1ncccc1CNS(=O)(=O)[C@@H]1CCCN(C(=O)C2CCCC2)C1. The van der Waals surface area contributed by atoms with E-state index in [0.29, 0.717) is 24.4 Å². The van der Waals surface area contributed by atoms with Crippen molar-refractivity contribution in [3.63, 3.8) is 0 Å². The van der Waals surface area contributed by atoms with Crippen molar-refractivity contribution < 1.29 is 17.9 Å². The smallest absolute Gasteiger partial charge is 0.225 e. The van der Waals surface area contributed by atoms with Crippen LogP contribution in [0.25, 0.3) is 0 Å². The molecule has 1 aliphatic carbocycles. The van der Waals surface area contributed by atoms with Crippen molar-refractivity contribution in [2.45, 2.75) is 50.3 Å². The van der Waals surface area contributed by atoms with Crippen molar-refractivity contribution >= 4 is 15.9 Å². The van der Waals surface area contributed by atoms with E-state index in [1.54, 1.807) is 23.2 Å². The number of piperidine rings is 1. The second-order valence-corrected chi connectivity index (χ2v) is 9.11. The quantitative estimate of drug-likeness (QED) is 0.810. The molecule has 0 radical (unpaired) electrons. The molecule has 1 aromatic rings. The summed E-state index contributed by atoms with van der Waals surface area (Å²) < 4.78 is 33.3. The number of rotatable bonds is 6. The molecule has 2 aliphatic rings. The average molecular weight is 381 g/mol. The highest BCUT2D eigenvalue weighted by Crippen LogP contribution is 2.28. The van der Waals surface area contributed by atoms with Crippen molar-refractivity contribution in [3.05, 3.63) is 23.9 Å². The van der Waals surface area contributed by atoms with Crippen LogP contribution in [-0.2, 0) is 21.4 Å². The summed E-state index contributed by atoms with van der Waals surface area (Å²) in [4.78, 5) is 18.5. The number of ether oxygens (including phenoxy) is 1. The number of hydrogen-bond donors (Lipinski definition) is 1. The van der Waals surface area contributed by atoms with Gasteiger partial charge >= 0.3 is 0 Å². The van der Waals surface area contributed by atoms with Gasteiger partial charge in [-0.15, -0.1) is 0 Å². The molecule has 1 saturated heterocycles. The van der Waals surface area contributed by atoms with Crippen molar-refractivity contribution in [2.75, 3.05) is 20.2 Å². The van der Waals surface area contributed by atoms with E-state index in [2.05, 4.69) is 9.71 Å². The van der Waals surface area contributed by atoms with Gasteiger partial charge in [0.25, 0.3) is 0 Å². The highest BCUT2D eigenvalue weighted by Gasteiger charge is 2.35. The maximum absolute atomic E-state index is 12.7. The summed E-state index contributed by atoms with van der Waals surface area (Å²) in [7, 11) is -2.02. The van der Waals surface area contributed by atoms with Crippen LogP contribution in [0.5, 0.6) is 5.88 Å². The van der Waals surface area contributed by atoms with Crippen LogP contribution >= 0.6 is 0 Å². The van der Waals surface area contributed by atoms with Crippen LogP contribution in [0.15, 0.2) is 18.3 Å². The number of hydrogen-bond acceptors (Lipinski definition) is 5. The zero-order valence-corrected chi connectivity index (χ0v) is 16.0. The minimum absolute atomic E-state index is 0.0871. The number of likely N-dealkylation sites (tertiary alicyclic amines) is 1. The third-order valence-corrected chi connectivity index (χ3v) is 7.15. The maximum Gasteiger partial charge on any atom is 0.225 e. The number of carbonyl (C=O) groups is 1. The first-order valence-corrected chi connectivity index (χ1v) is 10.8. The van der Waals surface area contributed by atoms with Gasteiger partial charge in [0, 0.05) is 37.3 Å². The summed E-state index contributed by atoms with van der Waals surface area (Å²) in [6.45, 7) is 1.08. The molecule has 0 unspecified atom stereocenters. The molecular formula is C18H27N3O4S. The third-order valence-electron chi connectivity index (χ3n) is 5.34. The molecule has 144 valence electrons. The highest BCUT2D eigenvalue weighted by atomic mass is 32.2. The van der Waals surface area contributed by atoms with E-state index in [4.69, 9.17) is 4.74 Å². The number of aromatic nitrogens is 1. The lowest BCUT2D eigenvalue weighted by molar-refractivity contribution is -0.136. The van der Waals surface area contributed by atoms with E-state index in [1.807, 2.05) is 0 Å². The Balaban J connectivity index is 1.62. The number of carbonyl (C=O) groups excluding carboxylic acids is 1. The summed E-state index contributed by atoms with van der Waals surface area (Å²) in [5, 5.41) is -0.565. The molecular weight excluding hydrogens is 354 g/mol. The number of pyridine rings is 1. The number of amides is 1. The largest absolute Gasteiger partial charge is 0.481 e. The molecule has 0 aromatic carbocycles. The average Bonchev–Trinajstić information content (AvgIpc) is 3.21. The number of nitrogens with zero attached hydrogens (tertiary/aromatic N) is 2. The van der Waals surface area contributed by atoms with E-state index in [1.165, 1.54) is 7.11 Å². The minimum atomic E-state index is -3.52. The first-order valence-electron chi connectivity index (χ1n) is 9.26. The molecule has 1 N–H and O–H groups in total. The van der Waals surface area contributed by atoms with Crippen LogP contribution in [-0.4, -0.2) is 49.7 Å². The Kier molecular flexibility index (Phi) is 6.13. The normalized spacial score (nSPS) is 21.7. The molecule has 1 amide bonds. The van der Waals surface area contributed by atoms with E-state index in [-0.39, 0.29) is 24.9 Å². The van der Waals surface area contributed by atoms with Gasteiger partial charge in [0.1, 0.15) is 0 Å². The summed E-state index contributed by atoms with van der Waals surface area (Å²) in [6.07, 6.45) is 6.97. The zero-order valence-electron chi connectivity index (χ0n) is 15.2. The van der Waals surface area contributed by atoms with Gasteiger partial charge < -0.3 is 9.64 Å². The molecule has 8 heteroatoms. The number of sulfonamides is 1. The third kappa shape index (κ3) is 4.35. The van der Waals surface area contributed by atoms with Crippen molar-refractivity contribution in [1.29, 1.82) is 0 Å². The van der Waals surface area contributed by atoms with Crippen LogP contribution in [0.3, 0.4) is 0 Å². The molecule has 0 bridgehead atoms. The van der Waals surface area contributed by atoms with Gasteiger partial charge in [0.15, 0.2) is 0 Å². The Morgan fingerprint density at radius 1 is 1.31 bits per heavy atom. The summed E-state index contributed by atoms with van der Waals surface area (Å²) in [5.41, 5.74) is 0.688. The van der Waals surface area contributed by atoms with Crippen molar-refractivity contribution in [1.82, 2.24) is 14.6 Å². The lowest BCUT2D eigenvalue weighted by atomic mass is 10.0. The molecule has 7 nitrogen and oxygen atoms in total. The number of methoxy groups -OCH3 is 1. The molecule has 0 spiro atoms. The van der Waals surface area contributed by atoms with Gasteiger partial charge in [-0.3, -0.25) is 4.79 Å². The first kappa shape index (κ1) is 19.1. The van der Waals surface area contributed by atoms with Crippen LogP contribution < -0.4 is 9.46 Å². The van der Waals surface area contributed by atoms with E-state index in [0.717, 1.165) is 32.1 Å². The fourth-order valence-corrected chi connectivity index (χ4v) is 5.31. The Morgan fingerprint density at radius 2 is 2.08 bits per heavy atom. The van der Waals surface area contributed by atoms with E-state index in [9.17, 15) is 13.2 Å². The van der Waals surface area contributed by atoms with Gasteiger partial charge in [-0.1, -0.05) is 18.9 Å². The second-order valence-electron chi connectivity index (χ2n) is 7.07. The predicted octanol–water partition coefficient (Wildman–Crippen LogP) is 1.69. The van der Waals surface area contributed by atoms with Crippen molar-refractivity contribution in [3.8, 4) is 5.88 Å². The van der Waals surface area contributed by atoms with Crippen LogP contribution in [0.4, 0.5) is 0 Å². The van der Waals surface area contributed by atoms with E-state index >= 15 is 0 Å². The Bertz CT molecular complexity index is 732. The van der Waals surface area contributed by atoms with Crippen molar-refractivity contribution in [2.24, 2.45) is 5.92 Å². The minimum Gasteiger partial charge on any atom is -0.481 e. The Morgan fingerprint density at radius 3 is 2.81 bits per heavy atom. The summed E-state index contributed by atoms with van der Waals surface area (Å²) >= 11 is 0. The van der Waals surface area contributed by atoms with Gasteiger partial charge in [-0.25, -0.2) is 18.1 Å². The fraction of sp³-hybridized carbons (Fsp3) is 0.667. The van der Waals surface area contributed by atoms with Gasteiger partial charge in [0.2, 0.25) is 21.8 Å². The van der Waals surface area contributed by atoms with Crippen LogP contribution in [0.1, 0.15) is 44.1 Å². The summed E-state index contributed by atoms with van der Waals surface area (Å²) in [6, 6.07) is 3.53. The monoisotopic (exact) mass is 381 g/mol. The zero-order chi connectivity index (χ0) is 18.6. The Labute approximate surface area is 155 Å². The topological polar surface area (TPSA) is 88.6 Å². The van der Waals surface area contributed by atoms with Crippen LogP contribution in [0.2, 0.25) is 0 Å². The lowest BCUT2D eigenvalue weighted by Crippen LogP contribution is -2.49. The standard InChI is InChI=1S/C18H27N3O4S/c1-25-17-15(8-4-10-19-17)12-20-26(23,24)16-9-5-11-21(13-16)18(22)14-6-2-3-7-14/h4,8,10,14,16,20H,2-3,5-7,9,11-13H2,1H3/t16-/m1/s1. The molecule has 1 saturated carbocycles. The molecule has 1 atom stereocenters. The second kappa shape index (κ2) is 8.35. The van der Waals surface area contributed by atoms with E-state index < -0.39 is 15.3 Å². The highest BCUT2D eigenvalue weighted by molar-refractivity contribution is 7.90. The first-order chi connectivity index (χ1) is 12.5. The molecule has 26 heavy (non-hydrogen) atoms. The maximum atomic E-state index is 12.7. The molecule has 3 rings (SSSR count). The molecule has 2 heterocycles. The lowest BCUT2D eigenvalue weighted by Gasteiger charge is -2.34. The molecule has 1 aliphatic heterocycles. The van der Waals surface area contributed by atoms with Gasteiger partial charge in [-0.05, 0) is 31.7 Å². The molecule has 1 aromatic heterocycles. The predicted molar refractivity (Wildman–Crippen MR) is 98.1 cm³/mol. The van der Waals surface area contributed by atoms with Gasteiger partial charge in [0.05, 0.1) is 12.4 Å². The van der Waals surface area contributed by atoms with Crippen LogP contribution in [0, 0.1) is 5.92 Å². The van der Waals surface area contributed by atoms with Gasteiger partial charge in [-0.2, -0.15) is 0 Å².